The van der Waals surface area contributed by atoms with Crippen LogP contribution < -0.4 is 16.0 Å². The van der Waals surface area contributed by atoms with Gasteiger partial charge in [-0.1, -0.05) is 0 Å². The van der Waals surface area contributed by atoms with Gasteiger partial charge in [0.1, 0.15) is 0 Å². The predicted octanol–water partition coefficient (Wildman–Crippen LogP) is 2.97. The number of nitrogens with zero attached hydrogens (tertiary/aromatic N) is 1. The number of amides is 1. The van der Waals surface area contributed by atoms with E-state index in [9.17, 15) is 18.0 Å². The molecule has 0 aromatic heterocycles. The van der Waals surface area contributed by atoms with Crippen LogP contribution in [-0.2, 0) is 4.79 Å². The third-order valence-corrected chi connectivity index (χ3v) is 4.43. The summed E-state index contributed by atoms with van der Waals surface area (Å²) in [5, 5.41) is 7.99. The molecule has 0 spiro atoms. The quantitative estimate of drug-likeness (QED) is 0.249. The minimum absolute atomic E-state index is 0. The van der Waals surface area contributed by atoms with Gasteiger partial charge in [0.25, 0.3) is 0 Å². The van der Waals surface area contributed by atoms with Crippen molar-refractivity contribution < 1.29 is 18.0 Å². The van der Waals surface area contributed by atoms with Crippen LogP contribution in [-0.4, -0.2) is 43.0 Å². The number of benzene rings is 1. The number of hydrogen-bond donors (Lipinski definition) is 3. The highest BCUT2D eigenvalue weighted by Gasteiger charge is 2.17. The summed E-state index contributed by atoms with van der Waals surface area (Å²) in [4.78, 5) is 15.8. The third-order valence-electron chi connectivity index (χ3n) is 3.18. The van der Waals surface area contributed by atoms with Gasteiger partial charge in [0.05, 0.1) is 12.2 Å². The second-order valence-electron chi connectivity index (χ2n) is 5.51. The van der Waals surface area contributed by atoms with E-state index in [1.807, 2.05) is 6.26 Å². The van der Waals surface area contributed by atoms with Crippen LogP contribution in [0.5, 0.6) is 0 Å². The molecule has 1 amide bonds. The summed E-state index contributed by atoms with van der Waals surface area (Å²) < 4.78 is 39.4. The summed E-state index contributed by atoms with van der Waals surface area (Å²) in [6.07, 6.45) is 1.99. The lowest BCUT2D eigenvalue weighted by Gasteiger charge is -2.23. The van der Waals surface area contributed by atoms with Gasteiger partial charge in [-0.15, -0.1) is 24.0 Å². The lowest BCUT2D eigenvalue weighted by Crippen LogP contribution is -2.45. The van der Waals surface area contributed by atoms with E-state index in [2.05, 4.69) is 34.8 Å². The molecule has 3 N–H and O–H groups in total. The number of nitrogens with one attached hydrogen (secondary N) is 3. The number of aliphatic imine (C=N–C) groups is 1. The molecule has 0 aliphatic rings. The second-order valence-corrected chi connectivity index (χ2v) is 7.03. The summed E-state index contributed by atoms with van der Waals surface area (Å²) >= 11 is 1.68. The predicted molar refractivity (Wildman–Crippen MR) is 107 cm³/mol. The Balaban J connectivity index is 0.00000576. The van der Waals surface area contributed by atoms with Crippen molar-refractivity contribution in [2.24, 2.45) is 4.99 Å². The van der Waals surface area contributed by atoms with Crippen LogP contribution >= 0.6 is 35.7 Å². The van der Waals surface area contributed by atoms with Crippen molar-refractivity contribution >= 4 is 53.3 Å². The Labute approximate surface area is 166 Å². The normalized spacial score (nSPS) is 11.6. The molecule has 0 unspecified atom stereocenters. The van der Waals surface area contributed by atoms with Crippen LogP contribution in [0.25, 0.3) is 0 Å². The number of thioether (sulfide) groups is 1. The molecule has 25 heavy (non-hydrogen) atoms. The van der Waals surface area contributed by atoms with Crippen molar-refractivity contribution in [2.45, 2.75) is 18.6 Å². The smallest absolute Gasteiger partial charge is 0.243 e. The van der Waals surface area contributed by atoms with Crippen LogP contribution in [0.15, 0.2) is 17.1 Å². The monoisotopic (exact) mass is 490 g/mol. The van der Waals surface area contributed by atoms with Crippen molar-refractivity contribution in [3.05, 3.63) is 29.6 Å². The Morgan fingerprint density at radius 3 is 2.40 bits per heavy atom. The van der Waals surface area contributed by atoms with Crippen molar-refractivity contribution in [3.63, 3.8) is 0 Å². The zero-order valence-electron chi connectivity index (χ0n) is 14.4. The van der Waals surface area contributed by atoms with Crippen LogP contribution in [0.3, 0.4) is 0 Å². The van der Waals surface area contributed by atoms with Crippen LogP contribution in [0.1, 0.15) is 13.8 Å². The van der Waals surface area contributed by atoms with Gasteiger partial charge in [-0.05, 0) is 32.2 Å². The SMILES string of the molecule is CN=C(NCC(=O)Nc1ccc(F)c(F)c1F)NCC(C)(C)SC.I. The van der Waals surface area contributed by atoms with Crippen molar-refractivity contribution in [1.82, 2.24) is 10.6 Å². The third kappa shape index (κ3) is 7.72. The van der Waals surface area contributed by atoms with E-state index in [-0.39, 0.29) is 35.3 Å². The Hall–Kier alpha value is -1.17. The molecule has 0 aliphatic heterocycles. The highest BCUT2D eigenvalue weighted by Crippen LogP contribution is 2.20. The summed E-state index contributed by atoms with van der Waals surface area (Å²) in [5.74, 6) is -4.60. The lowest BCUT2D eigenvalue weighted by molar-refractivity contribution is -0.115. The molecule has 1 aromatic carbocycles. The Morgan fingerprint density at radius 2 is 1.84 bits per heavy atom. The highest BCUT2D eigenvalue weighted by molar-refractivity contribution is 14.0. The van der Waals surface area contributed by atoms with E-state index in [4.69, 9.17) is 0 Å². The Morgan fingerprint density at radius 1 is 1.20 bits per heavy atom. The molecule has 0 atom stereocenters. The second kappa shape index (κ2) is 10.7. The van der Waals surface area contributed by atoms with E-state index in [0.29, 0.717) is 12.5 Å². The molecule has 1 rings (SSSR count). The first-order chi connectivity index (χ1) is 11.2. The fourth-order valence-corrected chi connectivity index (χ4v) is 1.79. The van der Waals surface area contributed by atoms with Gasteiger partial charge in [-0.25, -0.2) is 13.2 Å². The van der Waals surface area contributed by atoms with Crippen molar-refractivity contribution in [2.75, 3.05) is 31.7 Å². The van der Waals surface area contributed by atoms with Gasteiger partial charge in [0, 0.05) is 18.3 Å². The van der Waals surface area contributed by atoms with E-state index in [1.165, 1.54) is 0 Å². The molecular formula is C15H22F3IN4OS. The van der Waals surface area contributed by atoms with E-state index < -0.39 is 29.0 Å². The molecule has 0 bridgehead atoms. The molecule has 1 aromatic rings. The van der Waals surface area contributed by atoms with Gasteiger partial charge < -0.3 is 16.0 Å². The highest BCUT2D eigenvalue weighted by atomic mass is 127. The lowest BCUT2D eigenvalue weighted by atomic mass is 10.2. The molecule has 0 fully saturated rings. The minimum Gasteiger partial charge on any atom is -0.355 e. The van der Waals surface area contributed by atoms with Gasteiger partial charge in [-0.3, -0.25) is 9.79 Å². The number of anilines is 1. The Kier molecular flexibility index (Phi) is 10.2. The van der Waals surface area contributed by atoms with Crippen LogP contribution in [0.4, 0.5) is 18.9 Å². The fourth-order valence-electron chi connectivity index (χ4n) is 1.57. The average molecular weight is 490 g/mol. The van der Waals surface area contributed by atoms with Gasteiger partial charge in [0.2, 0.25) is 5.91 Å². The average Bonchev–Trinajstić information content (AvgIpc) is 2.55. The van der Waals surface area contributed by atoms with Gasteiger partial charge >= 0.3 is 0 Å². The topological polar surface area (TPSA) is 65.5 Å². The standard InChI is InChI=1S/C15H21F3N4OS.HI/c1-15(2,24-4)8-21-14(19-3)20-7-11(23)22-10-6-5-9(16)12(17)13(10)18;/h5-6H,7-8H2,1-4H3,(H,22,23)(H2,19,20,21);1H. The largest absolute Gasteiger partial charge is 0.355 e. The number of hydrogen-bond acceptors (Lipinski definition) is 3. The first-order valence-corrected chi connectivity index (χ1v) is 8.35. The maximum Gasteiger partial charge on any atom is 0.243 e. The Bertz CT molecular complexity index is 629. The molecule has 5 nitrogen and oxygen atoms in total. The number of guanidine groups is 1. The number of rotatable bonds is 6. The number of halogens is 4. The van der Waals surface area contributed by atoms with E-state index in [0.717, 1.165) is 12.1 Å². The summed E-state index contributed by atoms with van der Waals surface area (Å²) in [6.45, 7) is 4.51. The van der Waals surface area contributed by atoms with E-state index in [1.54, 1.807) is 18.8 Å². The maximum atomic E-state index is 13.5. The molecule has 0 saturated carbocycles. The minimum atomic E-state index is -1.63. The number of carbonyl (C=O) groups excluding carboxylic acids is 1. The van der Waals surface area contributed by atoms with Crippen LogP contribution in [0.2, 0.25) is 0 Å². The number of carbonyl (C=O) groups is 1. The summed E-state index contributed by atoms with van der Waals surface area (Å²) in [6, 6.07) is 1.70. The zero-order chi connectivity index (χ0) is 18.3. The molecule has 0 radical (unpaired) electrons. The molecule has 142 valence electrons. The molecule has 10 heteroatoms. The fraction of sp³-hybridized carbons (Fsp3) is 0.467. The molecule has 0 saturated heterocycles. The van der Waals surface area contributed by atoms with Gasteiger partial charge in [-0.2, -0.15) is 11.8 Å². The molecule has 0 aliphatic carbocycles. The van der Waals surface area contributed by atoms with Crippen molar-refractivity contribution in [1.29, 1.82) is 0 Å². The van der Waals surface area contributed by atoms with Crippen LogP contribution in [0, 0.1) is 17.5 Å². The van der Waals surface area contributed by atoms with Gasteiger partial charge in [0.15, 0.2) is 23.4 Å². The molecular weight excluding hydrogens is 468 g/mol. The summed E-state index contributed by atoms with van der Waals surface area (Å²) in [7, 11) is 1.55. The van der Waals surface area contributed by atoms with Crippen molar-refractivity contribution in [3.8, 4) is 0 Å². The first kappa shape index (κ1) is 23.8. The first-order valence-electron chi connectivity index (χ1n) is 7.13. The maximum absolute atomic E-state index is 13.5. The molecule has 0 heterocycles. The summed E-state index contributed by atoms with van der Waals surface area (Å²) in [5.41, 5.74) is -0.424. The zero-order valence-corrected chi connectivity index (χ0v) is 17.5. The van der Waals surface area contributed by atoms with E-state index >= 15 is 0 Å².